The van der Waals surface area contributed by atoms with E-state index in [1.165, 1.54) is 7.11 Å². The maximum atomic E-state index is 11.0. The van der Waals surface area contributed by atoms with Crippen LogP contribution in [0.25, 0.3) is 0 Å². The number of benzene rings is 1. The van der Waals surface area contributed by atoms with Crippen molar-refractivity contribution in [2.75, 3.05) is 25.6 Å². The zero-order valence-corrected chi connectivity index (χ0v) is 10.5. The summed E-state index contributed by atoms with van der Waals surface area (Å²) in [4.78, 5) is 13.0. The zero-order valence-electron chi connectivity index (χ0n) is 9.79. The number of esters is 1. The third-order valence-corrected chi connectivity index (χ3v) is 2.88. The van der Waals surface area contributed by atoms with Crippen LogP contribution in [0.5, 0.6) is 0 Å². The van der Waals surface area contributed by atoms with Gasteiger partial charge in [-0.25, -0.2) is 0 Å². The Morgan fingerprint density at radius 2 is 2.19 bits per heavy atom. The Hall–Kier alpha value is -1.22. The van der Waals surface area contributed by atoms with E-state index in [0.717, 1.165) is 16.3 Å². The molecule has 0 aliphatic heterocycles. The van der Waals surface area contributed by atoms with Gasteiger partial charge in [0, 0.05) is 24.3 Å². The normalized spacial score (nSPS) is 10.0. The molecule has 4 heteroatoms. The molecule has 88 valence electrons. The first-order valence-electron chi connectivity index (χ1n) is 5.08. The van der Waals surface area contributed by atoms with Gasteiger partial charge in [0.25, 0.3) is 0 Å². The van der Waals surface area contributed by atoms with Crippen molar-refractivity contribution in [1.29, 1.82) is 0 Å². The predicted molar refractivity (Wildman–Crippen MR) is 66.1 cm³/mol. The van der Waals surface area contributed by atoms with Crippen molar-refractivity contribution in [3.63, 3.8) is 0 Å². The topological polar surface area (TPSA) is 29.5 Å². The number of halogens is 1. The molecular formula is C12H16ClNO2. The van der Waals surface area contributed by atoms with Gasteiger partial charge in [0.05, 0.1) is 13.5 Å². The summed E-state index contributed by atoms with van der Waals surface area (Å²) in [5, 5.41) is 0.738. The lowest BCUT2D eigenvalue weighted by Gasteiger charge is -2.19. The summed E-state index contributed by atoms with van der Waals surface area (Å²) >= 11 is 6.03. The minimum atomic E-state index is -0.204. The van der Waals surface area contributed by atoms with E-state index in [2.05, 4.69) is 4.74 Å². The van der Waals surface area contributed by atoms with E-state index in [1.807, 2.05) is 37.1 Å². The van der Waals surface area contributed by atoms with Crippen molar-refractivity contribution in [3.8, 4) is 0 Å². The highest BCUT2D eigenvalue weighted by atomic mass is 35.5. The third-order valence-electron chi connectivity index (χ3n) is 2.48. The molecule has 0 radical (unpaired) electrons. The fourth-order valence-corrected chi connectivity index (χ4v) is 1.48. The number of aryl methyl sites for hydroxylation is 1. The number of hydrogen-bond acceptors (Lipinski definition) is 3. The predicted octanol–water partition coefficient (Wildman–Crippen LogP) is 2.65. The Morgan fingerprint density at radius 1 is 1.50 bits per heavy atom. The van der Waals surface area contributed by atoms with Crippen LogP contribution in [-0.2, 0) is 9.53 Å². The van der Waals surface area contributed by atoms with Gasteiger partial charge in [0.2, 0.25) is 0 Å². The van der Waals surface area contributed by atoms with Crippen molar-refractivity contribution >= 4 is 23.3 Å². The minimum Gasteiger partial charge on any atom is -0.469 e. The number of methoxy groups -OCH3 is 1. The molecule has 0 amide bonds. The van der Waals surface area contributed by atoms with Crippen molar-refractivity contribution < 1.29 is 9.53 Å². The molecule has 0 unspecified atom stereocenters. The fourth-order valence-electron chi connectivity index (χ4n) is 1.31. The number of carbonyl (C=O) groups excluding carboxylic acids is 1. The van der Waals surface area contributed by atoms with Crippen LogP contribution in [-0.4, -0.2) is 26.7 Å². The highest BCUT2D eigenvalue weighted by Gasteiger charge is 2.06. The molecule has 0 saturated carbocycles. The van der Waals surface area contributed by atoms with Gasteiger partial charge in [-0.3, -0.25) is 4.79 Å². The summed E-state index contributed by atoms with van der Waals surface area (Å²) < 4.78 is 4.59. The molecule has 16 heavy (non-hydrogen) atoms. The molecule has 0 fully saturated rings. The van der Waals surface area contributed by atoms with Gasteiger partial charge in [0.15, 0.2) is 0 Å². The van der Waals surface area contributed by atoms with Crippen molar-refractivity contribution in [1.82, 2.24) is 0 Å². The largest absolute Gasteiger partial charge is 0.469 e. The molecule has 0 aliphatic carbocycles. The third kappa shape index (κ3) is 3.42. The first-order valence-corrected chi connectivity index (χ1v) is 5.46. The minimum absolute atomic E-state index is 0.204. The number of hydrogen-bond donors (Lipinski definition) is 0. The number of rotatable bonds is 4. The smallest absolute Gasteiger partial charge is 0.307 e. The van der Waals surface area contributed by atoms with Gasteiger partial charge in [-0.1, -0.05) is 17.7 Å². The first-order chi connectivity index (χ1) is 7.54. The summed E-state index contributed by atoms with van der Waals surface area (Å²) in [5.41, 5.74) is 2.05. The van der Waals surface area contributed by atoms with E-state index in [1.54, 1.807) is 0 Å². The fraction of sp³-hybridized carbons (Fsp3) is 0.417. The summed E-state index contributed by atoms with van der Waals surface area (Å²) in [6.45, 7) is 2.58. The second-order valence-electron chi connectivity index (χ2n) is 3.68. The molecule has 1 aromatic carbocycles. The van der Waals surface area contributed by atoms with E-state index in [4.69, 9.17) is 11.6 Å². The molecule has 0 atom stereocenters. The monoisotopic (exact) mass is 241 g/mol. The molecular weight excluding hydrogens is 226 g/mol. The van der Waals surface area contributed by atoms with Gasteiger partial charge in [-0.2, -0.15) is 0 Å². The molecule has 0 saturated heterocycles. The van der Waals surface area contributed by atoms with Gasteiger partial charge < -0.3 is 9.64 Å². The lowest BCUT2D eigenvalue weighted by atomic mass is 10.2. The van der Waals surface area contributed by atoms with Gasteiger partial charge in [-0.15, -0.1) is 0 Å². The van der Waals surface area contributed by atoms with Crippen molar-refractivity contribution in [2.24, 2.45) is 0 Å². The van der Waals surface area contributed by atoms with E-state index >= 15 is 0 Å². The van der Waals surface area contributed by atoms with Crippen molar-refractivity contribution in [2.45, 2.75) is 13.3 Å². The SMILES string of the molecule is COC(=O)CCN(C)c1ccc(C)c(Cl)c1. The summed E-state index contributed by atoms with van der Waals surface area (Å²) in [5.74, 6) is -0.204. The Bertz CT molecular complexity index is 379. The van der Waals surface area contributed by atoms with Gasteiger partial charge in [-0.05, 0) is 24.6 Å². The van der Waals surface area contributed by atoms with Gasteiger partial charge >= 0.3 is 5.97 Å². The highest BCUT2D eigenvalue weighted by molar-refractivity contribution is 6.31. The molecule has 0 bridgehead atoms. The number of anilines is 1. The Morgan fingerprint density at radius 3 is 2.75 bits per heavy atom. The van der Waals surface area contributed by atoms with Crippen LogP contribution in [0, 0.1) is 6.92 Å². The number of carbonyl (C=O) groups is 1. The Balaban J connectivity index is 2.62. The Labute approximate surface area is 101 Å². The standard InChI is InChI=1S/C12H16ClNO2/c1-9-4-5-10(8-11(9)13)14(2)7-6-12(15)16-3/h4-5,8H,6-7H2,1-3H3. The van der Waals surface area contributed by atoms with Crippen molar-refractivity contribution in [3.05, 3.63) is 28.8 Å². The van der Waals surface area contributed by atoms with E-state index < -0.39 is 0 Å². The second kappa shape index (κ2) is 5.75. The van der Waals surface area contributed by atoms with Crippen LogP contribution in [0.4, 0.5) is 5.69 Å². The lowest BCUT2D eigenvalue weighted by Crippen LogP contribution is -2.21. The quantitative estimate of drug-likeness (QED) is 0.759. The zero-order chi connectivity index (χ0) is 12.1. The highest BCUT2D eigenvalue weighted by Crippen LogP contribution is 2.22. The van der Waals surface area contributed by atoms with Crippen LogP contribution in [0.2, 0.25) is 5.02 Å². The second-order valence-corrected chi connectivity index (χ2v) is 4.09. The summed E-state index contributed by atoms with van der Waals surface area (Å²) in [6.07, 6.45) is 0.374. The van der Waals surface area contributed by atoms with E-state index in [9.17, 15) is 4.79 Å². The average Bonchev–Trinajstić information content (AvgIpc) is 2.29. The molecule has 0 aliphatic rings. The van der Waals surface area contributed by atoms with E-state index in [0.29, 0.717) is 13.0 Å². The Kier molecular flexibility index (Phi) is 4.62. The van der Waals surface area contributed by atoms with Crippen LogP contribution < -0.4 is 4.90 Å². The van der Waals surface area contributed by atoms with Crippen LogP contribution >= 0.6 is 11.6 Å². The molecule has 0 heterocycles. The summed E-state index contributed by atoms with van der Waals surface area (Å²) in [7, 11) is 3.31. The maximum Gasteiger partial charge on any atom is 0.307 e. The van der Waals surface area contributed by atoms with Crippen LogP contribution in [0.1, 0.15) is 12.0 Å². The molecule has 1 rings (SSSR count). The molecule has 0 aromatic heterocycles. The molecule has 0 N–H and O–H groups in total. The van der Waals surface area contributed by atoms with Crippen LogP contribution in [0.3, 0.4) is 0 Å². The average molecular weight is 242 g/mol. The van der Waals surface area contributed by atoms with E-state index in [-0.39, 0.29) is 5.97 Å². The van der Waals surface area contributed by atoms with Gasteiger partial charge in [0.1, 0.15) is 0 Å². The first kappa shape index (κ1) is 12.8. The number of nitrogens with zero attached hydrogens (tertiary/aromatic N) is 1. The maximum absolute atomic E-state index is 11.0. The molecule has 1 aromatic rings. The molecule has 0 spiro atoms. The summed E-state index contributed by atoms with van der Waals surface area (Å²) in [6, 6.07) is 5.85. The lowest BCUT2D eigenvalue weighted by molar-refractivity contribution is -0.140. The molecule has 3 nitrogen and oxygen atoms in total. The number of ether oxygens (including phenoxy) is 1. The van der Waals surface area contributed by atoms with Crippen LogP contribution in [0.15, 0.2) is 18.2 Å².